The number of hydrogen-bond acceptors (Lipinski definition) is 1. The molecule has 1 saturated carbocycles. The second kappa shape index (κ2) is 6.13. The molecule has 1 aromatic rings. The maximum Gasteiger partial charge on any atom is 0.0173 e. The van der Waals surface area contributed by atoms with E-state index in [4.69, 9.17) is 0 Å². The summed E-state index contributed by atoms with van der Waals surface area (Å²) in [6, 6.07) is 9.80. The molecule has 1 nitrogen and oxygen atoms in total. The third-order valence-corrected chi connectivity index (χ3v) is 4.04. The average molecular weight is 271 g/mol. The fraction of sp³-hybridized carbons (Fsp3) is 0.579. The van der Waals surface area contributed by atoms with E-state index in [0.717, 1.165) is 12.6 Å². The first-order valence-electron chi connectivity index (χ1n) is 7.90. The standard InChI is InChI=1S/C19H29N/c1-14(2)16(13-20-18-10-11-18)12-15-6-8-17(9-7-15)19(3,4)5/h6-9,12,14,18,20H,10-11,13H2,1-5H3. The third-order valence-electron chi connectivity index (χ3n) is 4.04. The summed E-state index contributed by atoms with van der Waals surface area (Å²) in [6.45, 7) is 12.4. The molecule has 110 valence electrons. The van der Waals surface area contributed by atoms with Crippen LogP contribution in [-0.2, 0) is 5.41 Å². The molecule has 2 rings (SSSR count). The monoisotopic (exact) mass is 271 g/mol. The Morgan fingerprint density at radius 2 is 1.80 bits per heavy atom. The molecule has 20 heavy (non-hydrogen) atoms. The van der Waals surface area contributed by atoms with E-state index in [1.807, 2.05) is 0 Å². The minimum Gasteiger partial charge on any atom is -0.310 e. The van der Waals surface area contributed by atoms with Gasteiger partial charge in [-0.2, -0.15) is 0 Å². The minimum absolute atomic E-state index is 0.233. The molecule has 0 aliphatic heterocycles. The Balaban J connectivity index is 2.09. The van der Waals surface area contributed by atoms with E-state index in [0.29, 0.717) is 5.92 Å². The summed E-state index contributed by atoms with van der Waals surface area (Å²) in [5.41, 5.74) is 4.45. The molecule has 0 spiro atoms. The van der Waals surface area contributed by atoms with Gasteiger partial charge in [-0.1, -0.05) is 70.5 Å². The summed E-state index contributed by atoms with van der Waals surface area (Å²) >= 11 is 0. The van der Waals surface area contributed by atoms with Gasteiger partial charge in [0.1, 0.15) is 0 Å². The van der Waals surface area contributed by atoms with Crippen LogP contribution in [-0.4, -0.2) is 12.6 Å². The lowest BCUT2D eigenvalue weighted by molar-refractivity contribution is 0.590. The topological polar surface area (TPSA) is 12.0 Å². The summed E-state index contributed by atoms with van der Waals surface area (Å²) in [6.07, 6.45) is 5.06. The van der Waals surface area contributed by atoms with Crippen molar-refractivity contribution >= 4 is 6.08 Å². The first-order valence-corrected chi connectivity index (χ1v) is 7.90. The van der Waals surface area contributed by atoms with Crippen LogP contribution in [0.5, 0.6) is 0 Å². The zero-order chi connectivity index (χ0) is 14.8. The summed E-state index contributed by atoms with van der Waals surface area (Å²) in [7, 11) is 0. The molecular weight excluding hydrogens is 242 g/mol. The Bertz CT molecular complexity index is 456. The molecule has 0 unspecified atom stereocenters. The van der Waals surface area contributed by atoms with Crippen LogP contribution < -0.4 is 5.32 Å². The average Bonchev–Trinajstić information content (AvgIpc) is 3.17. The number of benzene rings is 1. The highest BCUT2D eigenvalue weighted by molar-refractivity contribution is 5.54. The molecule has 1 fully saturated rings. The third kappa shape index (κ3) is 4.49. The molecule has 0 aromatic heterocycles. The van der Waals surface area contributed by atoms with E-state index in [9.17, 15) is 0 Å². The molecule has 1 heteroatoms. The van der Waals surface area contributed by atoms with Gasteiger partial charge in [0.25, 0.3) is 0 Å². The zero-order valence-corrected chi connectivity index (χ0v) is 13.7. The molecule has 0 amide bonds. The largest absolute Gasteiger partial charge is 0.310 e. The Kier molecular flexibility index (Phi) is 4.70. The van der Waals surface area contributed by atoms with Gasteiger partial charge < -0.3 is 5.32 Å². The van der Waals surface area contributed by atoms with Crippen molar-refractivity contribution < 1.29 is 0 Å². The lowest BCUT2D eigenvalue weighted by atomic mass is 9.86. The zero-order valence-electron chi connectivity index (χ0n) is 13.7. The normalized spacial score (nSPS) is 16.8. The van der Waals surface area contributed by atoms with Crippen molar-refractivity contribution in [1.82, 2.24) is 5.32 Å². The highest BCUT2D eigenvalue weighted by Gasteiger charge is 2.20. The van der Waals surface area contributed by atoms with Crippen molar-refractivity contribution in [2.24, 2.45) is 5.92 Å². The van der Waals surface area contributed by atoms with Crippen LogP contribution in [0.4, 0.5) is 0 Å². The predicted molar refractivity (Wildman–Crippen MR) is 89.0 cm³/mol. The van der Waals surface area contributed by atoms with Crippen molar-refractivity contribution in [1.29, 1.82) is 0 Å². The van der Waals surface area contributed by atoms with Crippen LogP contribution in [0.1, 0.15) is 58.6 Å². The lowest BCUT2D eigenvalue weighted by Crippen LogP contribution is -2.21. The summed E-state index contributed by atoms with van der Waals surface area (Å²) in [4.78, 5) is 0. The van der Waals surface area contributed by atoms with Crippen LogP contribution in [0.25, 0.3) is 6.08 Å². The molecular formula is C19H29N. The van der Waals surface area contributed by atoms with Gasteiger partial charge in [-0.15, -0.1) is 0 Å². The van der Waals surface area contributed by atoms with Crippen LogP contribution in [0, 0.1) is 5.92 Å². The molecule has 1 aliphatic rings. The van der Waals surface area contributed by atoms with Crippen LogP contribution in [0.2, 0.25) is 0 Å². The fourth-order valence-corrected chi connectivity index (χ4v) is 2.26. The van der Waals surface area contributed by atoms with Gasteiger partial charge in [0.15, 0.2) is 0 Å². The van der Waals surface area contributed by atoms with Crippen LogP contribution in [0.3, 0.4) is 0 Å². The molecule has 0 heterocycles. The number of rotatable bonds is 5. The van der Waals surface area contributed by atoms with Gasteiger partial charge in [-0.25, -0.2) is 0 Å². The first-order chi connectivity index (χ1) is 9.36. The minimum atomic E-state index is 0.233. The maximum atomic E-state index is 3.63. The molecule has 1 aliphatic carbocycles. The maximum absolute atomic E-state index is 3.63. The van der Waals surface area contributed by atoms with E-state index < -0.39 is 0 Å². The lowest BCUT2D eigenvalue weighted by Gasteiger charge is -2.19. The SMILES string of the molecule is CC(C)C(=Cc1ccc(C(C)(C)C)cc1)CNC1CC1. The quantitative estimate of drug-likeness (QED) is 0.813. The van der Waals surface area contributed by atoms with Gasteiger partial charge in [-0.05, 0) is 35.3 Å². The second-order valence-corrected chi connectivity index (χ2v) is 7.40. The van der Waals surface area contributed by atoms with Crippen molar-refractivity contribution in [3.05, 3.63) is 41.0 Å². The van der Waals surface area contributed by atoms with E-state index in [2.05, 4.69) is 70.3 Å². The van der Waals surface area contributed by atoms with Crippen molar-refractivity contribution in [3.8, 4) is 0 Å². The summed E-state index contributed by atoms with van der Waals surface area (Å²) < 4.78 is 0. The summed E-state index contributed by atoms with van der Waals surface area (Å²) in [5.74, 6) is 0.601. The van der Waals surface area contributed by atoms with Gasteiger partial charge in [-0.3, -0.25) is 0 Å². The van der Waals surface area contributed by atoms with Gasteiger partial charge in [0.05, 0.1) is 0 Å². The molecule has 0 bridgehead atoms. The second-order valence-electron chi connectivity index (χ2n) is 7.40. The van der Waals surface area contributed by atoms with E-state index in [-0.39, 0.29) is 5.41 Å². The fourth-order valence-electron chi connectivity index (χ4n) is 2.26. The van der Waals surface area contributed by atoms with Crippen molar-refractivity contribution in [2.45, 2.75) is 58.9 Å². The molecule has 0 radical (unpaired) electrons. The van der Waals surface area contributed by atoms with E-state index in [1.54, 1.807) is 0 Å². The van der Waals surface area contributed by atoms with E-state index >= 15 is 0 Å². The Morgan fingerprint density at radius 1 is 1.20 bits per heavy atom. The molecule has 0 saturated heterocycles. The van der Waals surface area contributed by atoms with Gasteiger partial charge in [0.2, 0.25) is 0 Å². The highest BCUT2D eigenvalue weighted by atomic mass is 14.9. The number of nitrogens with one attached hydrogen (secondary N) is 1. The summed E-state index contributed by atoms with van der Waals surface area (Å²) in [5, 5.41) is 3.63. The van der Waals surface area contributed by atoms with Crippen LogP contribution in [0.15, 0.2) is 29.8 Å². The smallest absolute Gasteiger partial charge is 0.0173 e. The Labute approximate surface area is 124 Å². The molecule has 1 N–H and O–H groups in total. The van der Waals surface area contributed by atoms with Gasteiger partial charge >= 0.3 is 0 Å². The van der Waals surface area contributed by atoms with Crippen molar-refractivity contribution in [2.75, 3.05) is 6.54 Å². The van der Waals surface area contributed by atoms with Crippen molar-refractivity contribution in [3.63, 3.8) is 0 Å². The molecule has 0 atom stereocenters. The Morgan fingerprint density at radius 3 is 2.25 bits per heavy atom. The number of hydrogen-bond donors (Lipinski definition) is 1. The predicted octanol–water partition coefficient (Wildman–Crippen LogP) is 4.78. The Hall–Kier alpha value is -1.08. The van der Waals surface area contributed by atoms with E-state index in [1.165, 1.54) is 29.5 Å². The highest BCUT2D eigenvalue weighted by Crippen LogP contribution is 2.24. The first kappa shape index (κ1) is 15.3. The molecule has 1 aromatic carbocycles. The van der Waals surface area contributed by atoms with Crippen LogP contribution >= 0.6 is 0 Å². The van der Waals surface area contributed by atoms with Gasteiger partial charge in [0, 0.05) is 12.6 Å².